The van der Waals surface area contributed by atoms with E-state index in [-0.39, 0.29) is 30.2 Å². The zero-order valence-electron chi connectivity index (χ0n) is 14.8. The molecule has 0 spiro atoms. The van der Waals surface area contributed by atoms with Gasteiger partial charge < -0.3 is 29.2 Å². The molecule has 1 atom stereocenters. The summed E-state index contributed by atoms with van der Waals surface area (Å²) in [5.41, 5.74) is 0. The van der Waals surface area contributed by atoms with E-state index in [1.165, 1.54) is 6.20 Å². The summed E-state index contributed by atoms with van der Waals surface area (Å²) in [6.07, 6.45) is 2.96. The van der Waals surface area contributed by atoms with Crippen molar-refractivity contribution in [3.05, 3.63) is 22.1 Å². The van der Waals surface area contributed by atoms with Gasteiger partial charge in [-0.1, -0.05) is 0 Å². The Morgan fingerprint density at radius 1 is 1.31 bits per heavy atom. The van der Waals surface area contributed by atoms with Gasteiger partial charge in [-0.05, 0) is 22.7 Å². The molecule has 10 heteroatoms. The second-order valence-electron chi connectivity index (χ2n) is 6.55. The summed E-state index contributed by atoms with van der Waals surface area (Å²) in [4.78, 5) is 42.3. The van der Waals surface area contributed by atoms with Gasteiger partial charge in [0.15, 0.2) is 0 Å². The molecule has 0 aromatic carbocycles. The molecule has 3 rings (SSSR count). The Kier molecular flexibility index (Phi) is 5.50. The zero-order valence-corrected chi connectivity index (χ0v) is 14.8. The van der Waals surface area contributed by atoms with Gasteiger partial charge in [0.25, 0.3) is 5.91 Å². The monoisotopic (exact) mass is 365 g/mol. The van der Waals surface area contributed by atoms with Crippen LogP contribution in [0.25, 0.3) is 0 Å². The Labute approximate surface area is 150 Å². The van der Waals surface area contributed by atoms with Crippen molar-refractivity contribution in [1.82, 2.24) is 19.4 Å². The molecule has 26 heavy (non-hydrogen) atoms. The van der Waals surface area contributed by atoms with E-state index in [9.17, 15) is 19.7 Å². The molecule has 2 aliphatic rings. The summed E-state index contributed by atoms with van der Waals surface area (Å²) in [5.74, 6) is 0.300. The lowest BCUT2D eigenvalue weighted by molar-refractivity contribution is -0.389. The van der Waals surface area contributed by atoms with Gasteiger partial charge >= 0.3 is 5.82 Å². The van der Waals surface area contributed by atoms with E-state index in [4.69, 9.17) is 4.74 Å². The number of rotatable bonds is 5. The number of amides is 2. The van der Waals surface area contributed by atoms with Gasteiger partial charge in [0.1, 0.15) is 12.3 Å². The van der Waals surface area contributed by atoms with E-state index in [1.807, 2.05) is 0 Å². The van der Waals surface area contributed by atoms with E-state index in [2.05, 4.69) is 4.98 Å². The van der Waals surface area contributed by atoms with Crippen LogP contribution in [0.3, 0.4) is 0 Å². The van der Waals surface area contributed by atoms with Crippen LogP contribution in [0, 0.1) is 17.0 Å². The lowest BCUT2D eigenvalue weighted by atomic mass is 10.2. The molecule has 0 radical (unpaired) electrons. The number of imidazole rings is 1. The Morgan fingerprint density at radius 3 is 2.58 bits per heavy atom. The fraction of sp³-hybridized carbons (Fsp3) is 0.688. The number of piperazine rings is 1. The second-order valence-corrected chi connectivity index (χ2v) is 6.55. The van der Waals surface area contributed by atoms with Gasteiger partial charge in [0.2, 0.25) is 11.7 Å². The maximum atomic E-state index is 12.4. The number of aryl methyl sites for hydroxylation is 2. The Morgan fingerprint density at radius 2 is 2.00 bits per heavy atom. The van der Waals surface area contributed by atoms with Gasteiger partial charge in [-0.15, -0.1) is 0 Å². The molecule has 2 fully saturated rings. The largest absolute Gasteiger partial charge is 0.381 e. The van der Waals surface area contributed by atoms with Crippen molar-refractivity contribution in [3.8, 4) is 0 Å². The number of aromatic nitrogens is 2. The summed E-state index contributed by atoms with van der Waals surface area (Å²) in [7, 11) is 0. The fourth-order valence-electron chi connectivity index (χ4n) is 3.33. The Bertz CT molecular complexity index is 689. The Balaban J connectivity index is 1.46. The van der Waals surface area contributed by atoms with E-state index < -0.39 is 4.92 Å². The molecule has 3 heterocycles. The Hall–Kier alpha value is -2.49. The van der Waals surface area contributed by atoms with E-state index >= 15 is 0 Å². The lowest BCUT2D eigenvalue weighted by Gasteiger charge is -2.35. The van der Waals surface area contributed by atoms with Crippen LogP contribution in [0.2, 0.25) is 0 Å². The molecule has 1 unspecified atom stereocenters. The van der Waals surface area contributed by atoms with Gasteiger partial charge in [0.05, 0.1) is 0 Å². The predicted octanol–water partition coefficient (Wildman–Crippen LogP) is 0.340. The zero-order chi connectivity index (χ0) is 18.7. The summed E-state index contributed by atoms with van der Waals surface area (Å²) in [6, 6.07) is 0. The molecule has 0 saturated carbocycles. The lowest BCUT2D eigenvalue weighted by Crippen LogP contribution is -2.52. The molecule has 1 aromatic rings. The highest BCUT2D eigenvalue weighted by Gasteiger charge is 2.31. The van der Waals surface area contributed by atoms with Crippen molar-refractivity contribution in [2.75, 3.05) is 32.8 Å². The number of carbonyl (C=O) groups excluding carboxylic acids is 2. The molecule has 10 nitrogen and oxygen atoms in total. The normalized spacial score (nSPS) is 20.4. The van der Waals surface area contributed by atoms with Crippen LogP contribution in [-0.4, -0.2) is 75.0 Å². The number of carbonyl (C=O) groups is 2. The summed E-state index contributed by atoms with van der Waals surface area (Å²) < 4.78 is 7.05. The third-order valence-electron chi connectivity index (χ3n) is 4.87. The smallest absolute Gasteiger partial charge is 0.368 e. The molecule has 0 aliphatic carbocycles. The molecule has 142 valence electrons. The van der Waals surface area contributed by atoms with Crippen molar-refractivity contribution >= 4 is 17.6 Å². The number of nitrogens with zero attached hydrogens (tertiary/aromatic N) is 5. The van der Waals surface area contributed by atoms with Crippen molar-refractivity contribution in [1.29, 1.82) is 0 Å². The molecule has 2 amide bonds. The van der Waals surface area contributed by atoms with Crippen molar-refractivity contribution < 1.29 is 19.2 Å². The van der Waals surface area contributed by atoms with Gasteiger partial charge in [-0.3, -0.25) is 9.59 Å². The van der Waals surface area contributed by atoms with Crippen LogP contribution in [0.1, 0.15) is 25.1 Å². The van der Waals surface area contributed by atoms with Gasteiger partial charge in [0, 0.05) is 52.7 Å². The van der Waals surface area contributed by atoms with Crippen LogP contribution in [0.15, 0.2) is 6.20 Å². The van der Waals surface area contributed by atoms with Crippen molar-refractivity contribution in [3.63, 3.8) is 0 Å². The maximum absolute atomic E-state index is 12.4. The minimum atomic E-state index is -0.546. The average Bonchev–Trinajstić information content (AvgIpc) is 3.29. The summed E-state index contributed by atoms with van der Waals surface area (Å²) >= 11 is 0. The van der Waals surface area contributed by atoms with Crippen molar-refractivity contribution in [2.24, 2.45) is 0 Å². The second kappa shape index (κ2) is 7.81. The van der Waals surface area contributed by atoms with E-state index in [1.54, 1.807) is 21.3 Å². The number of hydrogen-bond donors (Lipinski definition) is 0. The van der Waals surface area contributed by atoms with Gasteiger partial charge in [-0.25, -0.2) is 0 Å². The standard InChI is InChI=1S/C16H23N5O5/c1-12-17-14(21(24)25)11-20(12)5-4-15(22)18-6-8-19(9-7-18)16(23)13-3-2-10-26-13/h11,13H,2-10H2,1H3. The highest BCUT2D eigenvalue weighted by atomic mass is 16.6. The van der Waals surface area contributed by atoms with Crippen molar-refractivity contribution in [2.45, 2.75) is 38.8 Å². The topological polar surface area (TPSA) is 111 Å². The molecular formula is C16H23N5O5. The first-order valence-corrected chi connectivity index (χ1v) is 8.82. The quantitative estimate of drug-likeness (QED) is 0.549. The van der Waals surface area contributed by atoms with Gasteiger partial charge in [-0.2, -0.15) is 0 Å². The highest BCUT2D eigenvalue weighted by molar-refractivity contribution is 5.82. The van der Waals surface area contributed by atoms with Crippen LogP contribution in [0.5, 0.6) is 0 Å². The third-order valence-corrected chi connectivity index (χ3v) is 4.87. The van der Waals surface area contributed by atoms with E-state index in [0.29, 0.717) is 45.2 Å². The summed E-state index contributed by atoms with van der Waals surface area (Å²) in [5, 5.41) is 10.7. The molecule has 1 aromatic heterocycles. The number of ether oxygens (including phenoxy) is 1. The molecule has 0 N–H and O–H groups in total. The third kappa shape index (κ3) is 4.01. The number of nitro groups is 1. The molecule has 2 saturated heterocycles. The minimum Gasteiger partial charge on any atom is -0.368 e. The van der Waals surface area contributed by atoms with E-state index in [0.717, 1.165) is 12.8 Å². The summed E-state index contributed by atoms with van der Waals surface area (Å²) in [6.45, 7) is 4.69. The number of hydrogen-bond acceptors (Lipinski definition) is 6. The fourth-order valence-corrected chi connectivity index (χ4v) is 3.33. The minimum absolute atomic E-state index is 0.0232. The van der Waals surface area contributed by atoms with Crippen LogP contribution < -0.4 is 0 Å². The first kappa shape index (κ1) is 18.3. The highest BCUT2D eigenvalue weighted by Crippen LogP contribution is 2.16. The molecule has 2 aliphatic heterocycles. The van der Waals surface area contributed by atoms with Crippen LogP contribution in [0.4, 0.5) is 5.82 Å². The SMILES string of the molecule is Cc1nc([N+](=O)[O-])cn1CCC(=O)N1CCN(C(=O)C2CCCO2)CC1. The first-order valence-electron chi connectivity index (χ1n) is 8.82. The van der Waals surface area contributed by atoms with Crippen LogP contribution >= 0.6 is 0 Å². The average molecular weight is 365 g/mol. The molecular weight excluding hydrogens is 342 g/mol. The first-order chi connectivity index (χ1) is 12.5. The van der Waals surface area contributed by atoms with Crippen LogP contribution in [-0.2, 0) is 20.9 Å². The maximum Gasteiger partial charge on any atom is 0.381 e. The molecule has 0 bridgehead atoms. The predicted molar refractivity (Wildman–Crippen MR) is 90.4 cm³/mol.